The van der Waals surface area contributed by atoms with Crippen LogP contribution in [0, 0.1) is 6.92 Å². The first-order valence-electron chi connectivity index (χ1n) is 5.63. The van der Waals surface area contributed by atoms with Crippen LogP contribution in [0.2, 0.25) is 0 Å². The average Bonchev–Trinajstić information content (AvgIpc) is 2.38. The topological polar surface area (TPSA) is 54.9 Å². The number of hydrogen-bond acceptors (Lipinski definition) is 3. The molecule has 0 spiro atoms. The molecule has 1 amide bonds. The fraction of sp³-hybridized carbons (Fsp3) is 0.154. The minimum Gasteiger partial charge on any atom is -0.322 e. The fourth-order valence-electron chi connectivity index (χ4n) is 1.55. The summed E-state index contributed by atoms with van der Waals surface area (Å²) in [5.41, 5.74) is 0.262. The molecule has 0 aliphatic heterocycles. The van der Waals surface area contributed by atoms with Gasteiger partial charge in [-0.1, -0.05) is 0 Å². The molecule has 0 atom stereocenters. The summed E-state index contributed by atoms with van der Waals surface area (Å²) >= 11 is 0. The van der Waals surface area contributed by atoms with Crippen molar-refractivity contribution in [1.82, 2.24) is 9.97 Å². The Morgan fingerprint density at radius 2 is 1.85 bits per heavy atom. The van der Waals surface area contributed by atoms with Crippen molar-refractivity contribution in [2.75, 3.05) is 5.32 Å². The lowest BCUT2D eigenvalue weighted by molar-refractivity contribution is -0.137. The molecule has 20 heavy (non-hydrogen) atoms. The van der Waals surface area contributed by atoms with E-state index >= 15 is 0 Å². The van der Waals surface area contributed by atoms with Crippen LogP contribution in [0.4, 0.5) is 18.9 Å². The number of carbonyl (C=O) groups is 1. The van der Waals surface area contributed by atoms with Gasteiger partial charge in [0.05, 0.1) is 16.8 Å². The average molecular weight is 281 g/mol. The van der Waals surface area contributed by atoms with E-state index in [-0.39, 0.29) is 11.3 Å². The highest BCUT2D eigenvalue weighted by atomic mass is 19.4. The molecule has 7 heteroatoms. The molecule has 0 saturated heterocycles. The van der Waals surface area contributed by atoms with Gasteiger partial charge in [0.15, 0.2) is 0 Å². The van der Waals surface area contributed by atoms with Gasteiger partial charge in [0, 0.05) is 11.9 Å². The number of halogens is 3. The van der Waals surface area contributed by atoms with Crippen molar-refractivity contribution in [3.05, 3.63) is 53.6 Å². The maximum absolute atomic E-state index is 12.4. The molecule has 0 unspecified atom stereocenters. The highest BCUT2D eigenvalue weighted by Crippen LogP contribution is 2.29. The first-order chi connectivity index (χ1) is 9.38. The Balaban J connectivity index is 2.15. The van der Waals surface area contributed by atoms with Crippen LogP contribution >= 0.6 is 0 Å². The number of alkyl halides is 3. The molecule has 2 aromatic rings. The van der Waals surface area contributed by atoms with Gasteiger partial charge in [0.1, 0.15) is 6.33 Å². The monoisotopic (exact) mass is 281 g/mol. The van der Waals surface area contributed by atoms with E-state index in [9.17, 15) is 18.0 Å². The summed E-state index contributed by atoms with van der Waals surface area (Å²) in [6, 6.07) is 4.20. The lowest BCUT2D eigenvalue weighted by Gasteiger charge is -2.09. The number of hydrogen-bond donors (Lipinski definition) is 1. The molecule has 1 aromatic heterocycles. The molecule has 0 saturated carbocycles. The van der Waals surface area contributed by atoms with E-state index < -0.39 is 17.6 Å². The highest BCUT2D eigenvalue weighted by Gasteiger charge is 2.30. The van der Waals surface area contributed by atoms with Gasteiger partial charge in [-0.25, -0.2) is 9.97 Å². The summed E-state index contributed by atoms with van der Waals surface area (Å²) in [6.45, 7) is 1.64. The number of aromatic nitrogens is 2. The van der Waals surface area contributed by atoms with Gasteiger partial charge in [0.25, 0.3) is 5.91 Å². The molecule has 0 fully saturated rings. The molecule has 0 aliphatic rings. The third-order valence-corrected chi connectivity index (χ3v) is 2.63. The summed E-state index contributed by atoms with van der Waals surface area (Å²) in [6.07, 6.45) is -1.74. The Morgan fingerprint density at radius 1 is 1.20 bits per heavy atom. The predicted octanol–water partition coefficient (Wildman–Crippen LogP) is 3.06. The molecule has 0 bridgehead atoms. The zero-order valence-corrected chi connectivity index (χ0v) is 10.4. The summed E-state index contributed by atoms with van der Waals surface area (Å²) in [5, 5.41) is 2.49. The quantitative estimate of drug-likeness (QED) is 0.920. The Labute approximate surface area is 112 Å². The SMILES string of the molecule is Cc1ncncc1C(=O)Nc1ccc(C(F)(F)F)cc1. The first-order valence-corrected chi connectivity index (χ1v) is 5.63. The number of benzene rings is 1. The van der Waals surface area contributed by atoms with E-state index in [0.717, 1.165) is 12.1 Å². The van der Waals surface area contributed by atoms with Crippen LogP contribution in [-0.4, -0.2) is 15.9 Å². The van der Waals surface area contributed by atoms with Gasteiger partial charge in [-0.05, 0) is 31.2 Å². The smallest absolute Gasteiger partial charge is 0.322 e. The van der Waals surface area contributed by atoms with Crippen LogP contribution < -0.4 is 5.32 Å². The van der Waals surface area contributed by atoms with Crippen LogP contribution in [0.25, 0.3) is 0 Å². The molecule has 0 radical (unpaired) electrons. The van der Waals surface area contributed by atoms with Crippen molar-refractivity contribution in [3.63, 3.8) is 0 Å². The first kappa shape index (κ1) is 14.0. The number of anilines is 1. The van der Waals surface area contributed by atoms with Gasteiger partial charge in [-0.3, -0.25) is 4.79 Å². The predicted molar refractivity (Wildman–Crippen MR) is 66.2 cm³/mol. The van der Waals surface area contributed by atoms with E-state index in [4.69, 9.17) is 0 Å². The number of aryl methyl sites for hydroxylation is 1. The minimum atomic E-state index is -4.40. The lowest BCUT2D eigenvalue weighted by atomic mass is 10.2. The Morgan fingerprint density at radius 3 is 2.40 bits per heavy atom. The van der Waals surface area contributed by atoms with E-state index in [0.29, 0.717) is 5.69 Å². The number of nitrogens with zero attached hydrogens (tertiary/aromatic N) is 2. The second kappa shape index (κ2) is 5.28. The summed E-state index contributed by atoms with van der Waals surface area (Å²) in [7, 11) is 0. The summed E-state index contributed by atoms with van der Waals surface area (Å²) in [4.78, 5) is 19.5. The van der Waals surface area contributed by atoms with E-state index in [1.54, 1.807) is 6.92 Å². The number of carbonyl (C=O) groups excluding carboxylic acids is 1. The molecular formula is C13H10F3N3O. The molecule has 0 aliphatic carbocycles. The van der Waals surface area contributed by atoms with Gasteiger partial charge in [-0.2, -0.15) is 13.2 Å². The third-order valence-electron chi connectivity index (χ3n) is 2.63. The zero-order chi connectivity index (χ0) is 14.8. The lowest BCUT2D eigenvalue weighted by Crippen LogP contribution is -2.14. The van der Waals surface area contributed by atoms with Gasteiger partial charge in [-0.15, -0.1) is 0 Å². The van der Waals surface area contributed by atoms with Crippen LogP contribution in [0.1, 0.15) is 21.6 Å². The zero-order valence-electron chi connectivity index (χ0n) is 10.4. The van der Waals surface area contributed by atoms with Crippen molar-refractivity contribution in [3.8, 4) is 0 Å². The molecule has 1 heterocycles. The molecule has 4 nitrogen and oxygen atoms in total. The number of nitrogens with one attached hydrogen (secondary N) is 1. The van der Waals surface area contributed by atoms with Gasteiger partial charge >= 0.3 is 6.18 Å². The fourth-order valence-corrected chi connectivity index (χ4v) is 1.55. The Hall–Kier alpha value is -2.44. The largest absolute Gasteiger partial charge is 0.416 e. The van der Waals surface area contributed by atoms with Crippen LogP contribution in [0.3, 0.4) is 0 Å². The summed E-state index contributed by atoms with van der Waals surface area (Å²) < 4.78 is 37.2. The van der Waals surface area contributed by atoms with Crippen molar-refractivity contribution in [2.24, 2.45) is 0 Å². The van der Waals surface area contributed by atoms with Crippen molar-refractivity contribution >= 4 is 11.6 Å². The minimum absolute atomic E-state index is 0.270. The van der Waals surface area contributed by atoms with Crippen LogP contribution in [0.15, 0.2) is 36.8 Å². The molecule has 2 rings (SSSR count). The van der Waals surface area contributed by atoms with Crippen LogP contribution in [-0.2, 0) is 6.18 Å². The van der Waals surface area contributed by atoms with Gasteiger partial charge in [0.2, 0.25) is 0 Å². The number of amides is 1. The third kappa shape index (κ3) is 3.11. The second-order valence-electron chi connectivity index (χ2n) is 4.05. The molecular weight excluding hydrogens is 271 g/mol. The van der Waals surface area contributed by atoms with Crippen molar-refractivity contribution in [2.45, 2.75) is 13.1 Å². The molecule has 1 N–H and O–H groups in total. The standard InChI is InChI=1S/C13H10F3N3O/c1-8-11(6-17-7-18-8)12(20)19-10-4-2-9(3-5-10)13(14,15)16/h2-7H,1H3,(H,19,20). The highest BCUT2D eigenvalue weighted by molar-refractivity contribution is 6.04. The van der Waals surface area contributed by atoms with Crippen molar-refractivity contribution < 1.29 is 18.0 Å². The Kier molecular flexibility index (Phi) is 3.69. The van der Waals surface area contributed by atoms with Crippen molar-refractivity contribution in [1.29, 1.82) is 0 Å². The second-order valence-corrected chi connectivity index (χ2v) is 4.05. The molecule has 1 aromatic carbocycles. The maximum atomic E-state index is 12.4. The van der Waals surface area contributed by atoms with E-state index in [1.807, 2.05) is 0 Å². The van der Waals surface area contributed by atoms with Gasteiger partial charge < -0.3 is 5.32 Å². The normalized spacial score (nSPS) is 11.2. The number of rotatable bonds is 2. The maximum Gasteiger partial charge on any atom is 0.416 e. The Bertz CT molecular complexity index is 624. The van der Waals surface area contributed by atoms with E-state index in [2.05, 4.69) is 15.3 Å². The van der Waals surface area contributed by atoms with Crippen LogP contribution in [0.5, 0.6) is 0 Å². The van der Waals surface area contributed by atoms with E-state index in [1.165, 1.54) is 24.7 Å². The molecule has 104 valence electrons. The summed E-state index contributed by atoms with van der Waals surface area (Å²) in [5.74, 6) is -0.470.